The van der Waals surface area contributed by atoms with Crippen LogP contribution in [0.15, 0.2) is 53.4 Å². The van der Waals surface area contributed by atoms with Crippen molar-refractivity contribution < 1.29 is 13.2 Å². The predicted molar refractivity (Wildman–Crippen MR) is 102 cm³/mol. The number of amides is 1. The van der Waals surface area contributed by atoms with Crippen molar-refractivity contribution in [1.29, 1.82) is 0 Å². The third-order valence-electron chi connectivity index (χ3n) is 5.20. The number of hydrogen-bond acceptors (Lipinski definition) is 3. The fourth-order valence-corrected chi connectivity index (χ4v) is 8.87. The second kappa shape index (κ2) is 6.84. The van der Waals surface area contributed by atoms with Crippen LogP contribution in [-0.2, 0) is 10.0 Å². The van der Waals surface area contributed by atoms with E-state index in [0.717, 1.165) is 25.7 Å². The minimum atomic E-state index is -3.74. The zero-order valence-corrected chi connectivity index (χ0v) is 17.1. The molecule has 1 heterocycles. The van der Waals surface area contributed by atoms with Crippen molar-refractivity contribution in [2.45, 2.75) is 48.4 Å². The van der Waals surface area contributed by atoms with Gasteiger partial charge in [-0.05, 0) is 0 Å². The number of hydrogen-bond donors (Lipinski definition) is 0. The van der Waals surface area contributed by atoms with Crippen molar-refractivity contribution in [1.82, 2.24) is 4.31 Å². The number of carbonyl (C=O) groups excluding carboxylic acids is 1. The summed E-state index contributed by atoms with van der Waals surface area (Å²) in [4.78, 5) is 13.3. The molecule has 0 spiro atoms. The maximum atomic E-state index is 13.1. The molecular formula is C20H21NO3SSe. The molecule has 0 radical (unpaired) electrons. The molecule has 1 fully saturated rings. The van der Waals surface area contributed by atoms with Gasteiger partial charge >= 0.3 is 161 Å². The Bertz CT molecular complexity index is 957. The summed E-state index contributed by atoms with van der Waals surface area (Å²) in [6.07, 6.45) is 3.82. The van der Waals surface area contributed by atoms with E-state index in [9.17, 15) is 13.2 Å². The molecule has 1 aliphatic carbocycles. The van der Waals surface area contributed by atoms with Gasteiger partial charge < -0.3 is 0 Å². The molecule has 136 valence electrons. The van der Waals surface area contributed by atoms with Gasteiger partial charge in [0.2, 0.25) is 0 Å². The quantitative estimate of drug-likeness (QED) is 0.699. The third kappa shape index (κ3) is 2.90. The van der Waals surface area contributed by atoms with Crippen LogP contribution >= 0.6 is 0 Å². The standard InChI is InChI=1S/C20H21NO3SSe/c1-14-8-2-6-12-18(14)26-19-13-7-4-10-16(19)21-20(22)15-9-3-5-11-17(15)25(21,23)24/h2-3,5-6,8-9,11-12,16,19H,4,7,10,13H2,1H3. The van der Waals surface area contributed by atoms with E-state index in [1.54, 1.807) is 24.3 Å². The Kier molecular flexibility index (Phi) is 4.68. The van der Waals surface area contributed by atoms with Gasteiger partial charge in [0.15, 0.2) is 0 Å². The van der Waals surface area contributed by atoms with Gasteiger partial charge in [-0.2, -0.15) is 0 Å². The maximum absolute atomic E-state index is 13.1. The Morgan fingerprint density at radius 1 is 1.00 bits per heavy atom. The van der Waals surface area contributed by atoms with Crippen LogP contribution in [0.25, 0.3) is 0 Å². The van der Waals surface area contributed by atoms with Crippen molar-refractivity contribution in [2.24, 2.45) is 0 Å². The molecule has 2 unspecified atom stereocenters. The number of nitrogens with zero attached hydrogens (tertiary/aromatic N) is 1. The molecule has 0 saturated heterocycles. The van der Waals surface area contributed by atoms with E-state index in [1.165, 1.54) is 14.3 Å². The molecular weight excluding hydrogens is 413 g/mol. The fraction of sp³-hybridized carbons (Fsp3) is 0.350. The molecule has 26 heavy (non-hydrogen) atoms. The van der Waals surface area contributed by atoms with E-state index in [4.69, 9.17) is 0 Å². The Hall–Kier alpha value is -1.62. The number of carbonyl (C=O) groups is 1. The number of rotatable bonds is 3. The SMILES string of the molecule is Cc1ccccc1[Se]C1CCCCC1N1C(=O)c2ccccc2S1(=O)=O. The number of benzene rings is 2. The van der Waals surface area contributed by atoms with Crippen molar-refractivity contribution in [3.63, 3.8) is 0 Å². The first-order valence-electron chi connectivity index (χ1n) is 8.90. The molecule has 4 nitrogen and oxygen atoms in total. The zero-order chi connectivity index (χ0) is 18.3. The summed E-state index contributed by atoms with van der Waals surface area (Å²) in [5.74, 6) is -0.349. The summed E-state index contributed by atoms with van der Waals surface area (Å²) in [5, 5.41) is 0. The second-order valence-corrected chi connectivity index (χ2v) is 11.3. The predicted octanol–water partition coefficient (Wildman–Crippen LogP) is 2.90. The average molecular weight is 434 g/mol. The van der Waals surface area contributed by atoms with Crippen molar-refractivity contribution >= 4 is 35.3 Å². The first-order valence-corrected chi connectivity index (χ1v) is 12.2. The molecule has 0 bridgehead atoms. The third-order valence-corrected chi connectivity index (χ3v) is 10.3. The van der Waals surface area contributed by atoms with Crippen LogP contribution in [0.4, 0.5) is 0 Å². The molecule has 1 saturated carbocycles. The summed E-state index contributed by atoms with van der Waals surface area (Å²) in [7, 11) is -3.74. The van der Waals surface area contributed by atoms with Crippen LogP contribution in [0.5, 0.6) is 0 Å². The summed E-state index contributed by atoms with van der Waals surface area (Å²) < 4.78 is 28.7. The molecule has 2 atom stereocenters. The monoisotopic (exact) mass is 435 g/mol. The van der Waals surface area contributed by atoms with E-state index >= 15 is 0 Å². The zero-order valence-electron chi connectivity index (χ0n) is 14.6. The molecule has 2 aromatic rings. The van der Waals surface area contributed by atoms with Crippen LogP contribution in [0.1, 0.15) is 41.6 Å². The number of sulfonamides is 1. The van der Waals surface area contributed by atoms with Gasteiger partial charge in [0.1, 0.15) is 0 Å². The molecule has 1 aliphatic heterocycles. The summed E-state index contributed by atoms with van der Waals surface area (Å²) in [6.45, 7) is 2.10. The first kappa shape index (κ1) is 17.8. The second-order valence-electron chi connectivity index (χ2n) is 6.88. The van der Waals surface area contributed by atoms with Gasteiger partial charge in [-0.3, -0.25) is 0 Å². The molecule has 4 rings (SSSR count). The average Bonchev–Trinajstić information content (AvgIpc) is 2.84. The molecule has 0 aromatic heterocycles. The van der Waals surface area contributed by atoms with Crippen molar-refractivity contribution in [3.05, 3.63) is 59.7 Å². The van der Waals surface area contributed by atoms with Crippen LogP contribution in [0.3, 0.4) is 0 Å². The van der Waals surface area contributed by atoms with Crippen LogP contribution in [0.2, 0.25) is 4.82 Å². The van der Waals surface area contributed by atoms with Gasteiger partial charge in [-0.1, -0.05) is 0 Å². The summed E-state index contributed by atoms with van der Waals surface area (Å²) >= 11 is 0.140. The van der Waals surface area contributed by atoms with Crippen molar-refractivity contribution in [3.8, 4) is 0 Å². The van der Waals surface area contributed by atoms with E-state index < -0.39 is 10.0 Å². The van der Waals surface area contributed by atoms with Gasteiger partial charge in [0, 0.05) is 0 Å². The fourth-order valence-electron chi connectivity index (χ4n) is 3.87. The van der Waals surface area contributed by atoms with E-state index in [0.29, 0.717) is 5.56 Å². The first-order chi connectivity index (χ1) is 12.5. The Labute approximate surface area is 160 Å². The number of aryl methyl sites for hydroxylation is 1. The van der Waals surface area contributed by atoms with Crippen LogP contribution in [0, 0.1) is 6.92 Å². The Balaban J connectivity index is 1.69. The Morgan fingerprint density at radius 3 is 2.46 bits per heavy atom. The molecule has 2 aromatic carbocycles. The minimum absolute atomic E-state index is 0.140. The topological polar surface area (TPSA) is 54.5 Å². The van der Waals surface area contributed by atoms with Crippen LogP contribution < -0.4 is 4.46 Å². The van der Waals surface area contributed by atoms with Gasteiger partial charge in [0.05, 0.1) is 0 Å². The number of fused-ring (bicyclic) bond motifs is 1. The van der Waals surface area contributed by atoms with Gasteiger partial charge in [0.25, 0.3) is 0 Å². The molecule has 6 heteroatoms. The molecule has 1 amide bonds. The van der Waals surface area contributed by atoms with Gasteiger partial charge in [-0.25, -0.2) is 0 Å². The molecule has 2 aliphatic rings. The normalized spacial score (nSPS) is 24.5. The Morgan fingerprint density at radius 2 is 1.69 bits per heavy atom. The van der Waals surface area contributed by atoms with Crippen LogP contribution in [-0.4, -0.2) is 39.6 Å². The van der Waals surface area contributed by atoms with Crippen molar-refractivity contribution in [2.75, 3.05) is 0 Å². The van der Waals surface area contributed by atoms with E-state index in [-0.39, 0.29) is 36.6 Å². The molecule has 0 N–H and O–H groups in total. The van der Waals surface area contributed by atoms with E-state index in [2.05, 4.69) is 19.1 Å². The summed E-state index contributed by atoms with van der Waals surface area (Å²) in [5.41, 5.74) is 1.57. The summed E-state index contributed by atoms with van der Waals surface area (Å²) in [6, 6.07) is 14.7. The van der Waals surface area contributed by atoms with Gasteiger partial charge in [-0.15, -0.1) is 0 Å². The van der Waals surface area contributed by atoms with E-state index in [1.807, 2.05) is 12.1 Å².